The minimum absolute atomic E-state index is 0.0215. The minimum atomic E-state index is -1.16. The predicted octanol–water partition coefficient (Wildman–Crippen LogP) is 8.65. The average Bonchev–Trinajstić information content (AvgIpc) is 3.85. The number of hydrogen-bond donors (Lipinski definition) is 4. The number of imidazole rings is 1. The van der Waals surface area contributed by atoms with Gasteiger partial charge in [-0.25, -0.2) is 4.98 Å². The fourth-order valence-electron chi connectivity index (χ4n) is 6.92. The van der Waals surface area contributed by atoms with Crippen LogP contribution in [0.3, 0.4) is 0 Å². The molecule has 1 aromatic heterocycles. The molecule has 0 bridgehead atoms. The van der Waals surface area contributed by atoms with Gasteiger partial charge in [-0.2, -0.15) is 0 Å². The topological polar surface area (TPSA) is 128 Å². The maximum absolute atomic E-state index is 13.5. The number of carbonyl (C=O) groups excluding carboxylic acids is 2. The maximum Gasteiger partial charge on any atom is 0.229 e. The van der Waals surface area contributed by atoms with Crippen LogP contribution in [0.5, 0.6) is 0 Å². The Kier molecular flexibility index (Phi) is 9.40. The van der Waals surface area contributed by atoms with E-state index in [9.17, 15) is 19.8 Å². The normalized spacial score (nSPS) is 19.4. The lowest BCUT2D eigenvalue weighted by Crippen LogP contribution is -2.56. The van der Waals surface area contributed by atoms with Crippen molar-refractivity contribution in [2.24, 2.45) is 26.7 Å². The summed E-state index contributed by atoms with van der Waals surface area (Å²) >= 11 is 0. The molecule has 8 nitrogen and oxygen atoms in total. The van der Waals surface area contributed by atoms with Crippen molar-refractivity contribution in [1.82, 2.24) is 15.3 Å². The van der Waals surface area contributed by atoms with Crippen molar-refractivity contribution in [2.45, 2.75) is 131 Å². The second-order valence-electron chi connectivity index (χ2n) is 18.6. The van der Waals surface area contributed by atoms with Crippen LogP contribution in [0, 0.1) is 21.7 Å². The zero-order valence-corrected chi connectivity index (χ0v) is 32.8. The molecule has 4 N–H and O–H groups in total. The first kappa shape index (κ1) is 37.9. The molecule has 2 saturated carbocycles. The monoisotopic (exact) mass is 706 g/mol. The van der Waals surface area contributed by atoms with Gasteiger partial charge in [-0.3, -0.25) is 14.6 Å². The van der Waals surface area contributed by atoms with E-state index in [0.717, 1.165) is 70.7 Å². The van der Waals surface area contributed by atoms with Crippen LogP contribution in [0.4, 0.5) is 0 Å². The summed E-state index contributed by atoms with van der Waals surface area (Å²) in [6.07, 6.45) is 9.01. The molecule has 3 aromatic rings. The van der Waals surface area contributed by atoms with Gasteiger partial charge in [0.15, 0.2) is 0 Å². The van der Waals surface area contributed by atoms with Crippen LogP contribution in [-0.2, 0) is 9.59 Å². The van der Waals surface area contributed by atoms with Gasteiger partial charge >= 0.3 is 0 Å². The molecule has 2 aliphatic carbocycles. The summed E-state index contributed by atoms with van der Waals surface area (Å²) in [6.45, 7) is 18.4. The number of nitrogens with zero attached hydrogens (tertiary/aromatic N) is 2. The molecule has 0 radical (unpaired) electrons. The lowest BCUT2D eigenvalue weighted by atomic mass is 9.70. The van der Waals surface area contributed by atoms with Gasteiger partial charge < -0.3 is 20.5 Å². The number of Topliss-reactive ketones (excluding diaryl/α,β-unsaturated/α-hetero) is 1. The van der Waals surface area contributed by atoms with Gasteiger partial charge in [-0.15, -0.1) is 0 Å². The van der Waals surface area contributed by atoms with Crippen molar-refractivity contribution < 1.29 is 19.8 Å². The summed E-state index contributed by atoms with van der Waals surface area (Å²) < 4.78 is 0. The summed E-state index contributed by atoms with van der Waals surface area (Å²) in [4.78, 5) is 40.0. The Balaban J connectivity index is 1.11. The number of aromatic amines is 1. The van der Waals surface area contributed by atoms with Gasteiger partial charge in [0.25, 0.3) is 0 Å². The number of nitrogens with one attached hydrogen (secondary N) is 2. The molecular weight excluding hydrogens is 649 g/mol. The third-order valence-electron chi connectivity index (χ3n) is 13.4. The van der Waals surface area contributed by atoms with Gasteiger partial charge in [0.05, 0.1) is 40.0 Å². The standard InChI is InChI=1S/C44H58N4O4/c1-39(2,41(5,6)51)35(49)24-32(43(9)19-20-43)37-46-26-34(47-37)30-17-15-28(16-18-30)27-11-13-29(14-12-27)31-23-33(45-25-31)36(44(10)21-22-44)48-38(50)40(3,4)42(7,8)52/h11-18,25-26,32,36,51-52H,19-24H2,1-10H3,(H,46,47)(H,48,50)/t32-,36-/m1/s1. The van der Waals surface area contributed by atoms with E-state index in [1.165, 1.54) is 0 Å². The fourth-order valence-corrected chi connectivity index (χ4v) is 6.92. The Morgan fingerprint density at radius 2 is 1.27 bits per heavy atom. The van der Waals surface area contributed by atoms with Gasteiger partial charge in [-0.1, -0.05) is 76.2 Å². The van der Waals surface area contributed by atoms with E-state index in [0.29, 0.717) is 12.8 Å². The number of H-pyrrole nitrogens is 1. The lowest BCUT2D eigenvalue weighted by molar-refractivity contribution is -0.143. The number of aliphatic hydroxyl groups is 2. The highest BCUT2D eigenvalue weighted by atomic mass is 16.3. The number of ketones is 1. The molecule has 52 heavy (non-hydrogen) atoms. The van der Waals surface area contributed by atoms with Crippen LogP contribution in [0.15, 0.2) is 65.9 Å². The van der Waals surface area contributed by atoms with Gasteiger partial charge in [0.1, 0.15) is 11.6 Å². The van der Waals surface area contributed by atoms with E-state index < -0.39 is 22.0 Å². The Labute approximate surface area is 309 Å². The molecule has 2 heterocycles. The number of aromatic nitrogens is 2. The van der Waals surface area contributed by atoms with Crippen LogP contribution < -0.4 is 5.32 Å². The first-order chi connectivity index (χ1) is 24.1. The van der Waals surface area contributed by atoms with Crippen molar-refractivity contribution in [3.63, 3.8) is 0 Å². The summed E-state index contributed by atoms with van der Waals surface area (Å²) in [6, 6.07) is 16.8. The third-order valence-corrected chi connectivity index (χ3v) is 13.4. The number of aliphatic imine (C=N–C) groups is 1. The van der Waals surface area contributed by atoms with E-state index in [-0.39, 0.29) is 34.5 Å². The van der Waals surface area contributed by atoms with Crippen LogP contribution in [0.1, 0.15) is 125 Å². The van der Waals surface area contributed by atoms with E-state index in [2.05, 4.69) is 72.7 Å². The summed E-state index contributed by atoms with van der Waals surface area (Å²) in [5.74, 6) is 0.697. The summed E-state index contributed by atoms with van der Waals surface area (Å²) in [5, 5.41) is 24.6. The summed E-state index contributed by atoms with van der Waals surface area (Å²) in [7, 11) is 0. The number of hydrogen-bond acceptors (Lipinski definition) is 6. The molecule has 278 valence electrons. The number of rotatable bonds is 14. The molecule has 1 amide bonds. The maximum atomic E-state index is 13.5. The van der Waals surface area contributed by atoms with Crippen molar-refractivity contribution in [3.05, 3.63) is 72.3 Å². The zero-order valence-electron chi connectivity index (χ0n) is 32.8. The number of benzene rings is 2. The molecule has 2 aromatic carbocycles. The number of carbonyl (C=O) groups is 2. The molecule has 8 heteroatoms. The first-order valence-corrected chi connectivity index (χ1v) is 18.9. The Morgan fingerprint density at radius 3 is 1.77 bits per heavy atom. The highest BCUT2D eigenvalue weighted by Gasteiger charge is 2.52. The Morgan fingerprint density at radius 1 is 0.769 bits per heavy atom. The van der Waals surface area contributed by atoms with Crippen molar-refractivity contribution in [3.8, 4) is 22.4 Å². The average molecular weight is 707 g/mol. The number of amides is 1. The molecule has 6 rings (SSSR count). The van der Waals surface area contributed by atoms with Crippen molar-refractivity contribution in [1.29, 1.82) is 0 Å². The van der Waals surface area contributed by atoms with Crippen molar-refractivity contribution >= 4 is 23.0 Å². The molecule has 1 aliphatic heterocycles. The largest absolute Gasteiger partial charge is 0.389 e. The minimum Gasteiger partial charge on any atom is -0.389 e. The Hall–Kier alpha value is -3.88. The second kappa shape index (κ2) is 12.9. The number of allylic oxidation sites excluding steroid dienone is 1. The zero-order chi connectivity index (χ0) is 38.1. The molecule has 2 atom stereocenters. The van der Waals surface area contributed by atoms with Crippen molar-refractivity contribution in [2.75, 3.05) is 0 Å². The quantitative estimate of drug-likeness (QED) is 0.133. The fraction of sp³-hybridized carbons (Fsp3) is 0.545. The van der Waals surface area contributed by atoms with E-state index >= 15 is 0 Å². The highest BCUT2D eigenvalue weighted by Crippen LogP contribution is 2.57. The smallest absolute Gasteiger partial charge is 0.229 e. The molecule has 0 unspecified atom stereocenters. The molecular formula is C44H58N4O4. The van der Waals surface area contributed by atoms with Crippen LogP contribution in [-0.4, -0.2) is 54.8 Å². The second-order valence-corrected chi connectivity index (χ2v) is 18.6. The van der Waals surface area contributed by atoms with Gasteiger partial charge in [-0.05, 0) is 106 Å². The third kappa shape index (κ3) is 7.21. The molecule has 3 aliphatic rings. The van der Waals surface area contributed by atoms with Crippen LogP contribution in [0.2, 0.25) is 0 Å². The molecule has 2 fully saturated rings. The van der Waals surface area contributed by atoms with Gasteiger partial charge in [0, 0.05) is 30.7 Å². The van der Waals surface area contributed by atoms with E-state index in [4.69, 9.17) is 9.98 Å². The Bertz CT molecular complexity index is 1890. The molecule has 0 saturated heterocycles. The lowest BCUT2D eigenvalue weighted by Gasteiger charge is -2.38. The van der Waals surface area contributed by atoms with E-state index in [1.54, 1.807) is 41.5 Å². The van der Waals surface area contributed by atoms with Gasteiger partial charge in [0.2, 0.25) is 5.91 Å². The highest BCUT2D eigenvalue weighted by molar-refractivity contribution is 6.04. The van der Waals surface area contributed by atoms with Crippen LogP contribution in [0.25, 0.3) is 28.0 Å². The predicted molar refractivity (Wildman–Crippen MR) is 209 cm³/mol. The SMILES string of the molecule is CC1([C@H](NC(=O)C(C)(C)C(C)(C)O)C2=NC=C(c3ccc(-c4ccc(-c5cnc([C@@H](CC(=O)C(C)(C)C(C)(C)O)C6(C)CC6)[nH]5)cc4)cc3)C2)CC1. The first-order valence-electron chi connectivity index (χ1n) is 18.9. The molecule has 0 spiro atoms. The van der Waals surface area contributed by atoms with Crippen LogP contribution >= 0.6 is 0 Å². The van der Waals surface area contributed by atoms with E-state index in [1.807, 2.05) is 26.2 Å². The summed E-state index contributed by atoms with van der Waals surface area (Å²) in [5.41, 5.74) is 3.29.